The van der Waals surface area contributed by atoms with Crippen molar-refractivity contribution in [3.8, 4) is 17.2 Å². The van der Waals surface area contributed by atoms with Crippen molar-refractivity contribution in [3.05, 3.63) is 120 Å². The molecular formula is C35H37N3O5S. The molecule has 1 aliphatic rings. The first-order valence-electron chi connectivity index (χ1n) is 14.6. The summed E-state index contributed by atoms with van der Waals surface area (Å²) >= 11 is 1.29. The number of hydrogen-bond donors (Lipinski definition) is 0. The summed E-state index contributed by atoms with van der Waals surface area (Å²) in [5.41, 5.74) is 4.57. The Hall–Kier alpha value is -4.63. The van der Waals surface area contributed by atoms with Crippen molar-refractivity contribution in [3.63, 3.8) is 0 Å². The normalized spacial score (nSPS) is 14.6. The van der Waals surface area contributed by atoms with Crippen LogP contribution in [0.1, 0.15) is 49.1 Å². The Morgan fingerprint density at radius 2 is 1.66 bits per heavy atom. The van der Waals surface area contributed by atoms with Crippen LogP contribution in [0.15, 0.2) is 87.8 Å². The van der Waals surface area contributed by atoms with Crippen LogP contribution in [0.5, 0.6) is 17.2 Å². The van der Waals surface area contributed by atoms with Crippen molar-refractivity contribution in [1.82, 2.24) is 9.47 Å². The Balaban J connectivity index is 1.58. The van der Waals surface area contributed by atoms with Crippen molar-refractivity contribution in [2.24, 2.45) is 4.99 Å². The molecule has 0 spiro atoms. The lowest BCUT2D eigenvalue weighted by Gasteiger charge is -2.29. The van der Waals surface area contributed by atoms with Gasteiger partial charge in [-0.1, -0.05) is 65.4 Å². The molecule has 0 radical (unpaired) electrons. The number of para-hydroxylation sites is 1. The molecule has 3 aromatic carbocycles. The fourth-order valence-electron chi connectivity index (χ4n) is 5.35. The van der Waals surface area contributed by atoms with Gasteiger partial charge in [-0.2, -0.15) is 0 Å². The average Bonchev–Trinajstić information content (AvgIpc) is 3.34. The Kier molecular flexibility index (Phi) is 9.35. The number of fused-ring (bicyclic) bond motifs is 1. The van der Waals surface area contributed by atoms with Crippen LogP contribution in [0.3, 0.4) is 0 Å². The second-order valence-electron chi connectivity index (χ2n) is 10.5. The number of aromatic nitrogens is 1. The summed E-state index contributed by atoms with van der Waals surface area (Å²) in [4.78, 5) is 35.0. The molecular weight excluding hydrogens is 574 g/mol. The van der Waals surface area contributed by atoms with Gasteiger partial charge < -0.3 is 19.1 Å². The summed E-state index contributed by atoms with van der Waals surface area (Å²) in [7, 11) is 3.18. The molecule has 1 aliphatic heterocycles. The third-order valence-electron chi connectivity index (χ3n) is 7.74. The molecule has 228 valence electrons. The number of thiazole rings is 1. The molecule has 44 heavy (non-hydrogen) atoms. The third-order valence-corrected chi connectivity index (χ3v) is 8.72. The van der Waals surface area contributed by atoms with Crippen molar-refractivity contribution in [1.29, 1.82) is 0 Å². The Labute approximate surface area is 261 Å². The fourth-order valence-corrected chi connectivity index (χ4v) is 6.40. The third kappa shape index (κ3) is 6.05. The van der Waals surface area contributed by atoms with E-state index < -0.39 is 6.04 Å². The SMILES string of the molecule is CCN(CC)C(=O)C1=C(C)N=c2s/c(=C/c3ccc(OCc4ccc(C)cc4)c(OC)c3)c(=O)n2[C@H]1c1ccccc1OC. The molecule has 0 saturated carbocycles. The monoisotopic (exact) mass is 611 g/mol. The van der Waals surface area contributed by atoms with E-state index in [4.69, 9.17) is 19.2 Å². The number of allylic oxidation sites excluding steroid dienone is 1. The number of likely N-dealkylation sites (N-methyl/N-ethyl adjacent to an activating group) is 1. The molecule has 4 aromatic rings. The molecule has 9 heteroatoms. The molecule has 1 amide bonds. The molecule has 0 bridgehead atoms. The molecule has 0 aliphatic carbocycles. The van der Waals surface area contributed by atoms with Crippen LogP contribution in [0.25, 0.3) is 6.08 Å². The number of benzene rings is 3. The van der Waals surface area contributed by atoms with Crippen LogP contribution in [0.2, 0.25) is 0 Å². The van der Waals surface area contributed by atoms with Gasteiger partial charge in [0.15, 0.2) is 16.3 Å². The topological polar surface area (TPSA) is 82.4 Å². The Morgan fingerprint density at radius 3 is 2.34 bits per heavy atom. The zero-order valence-corrected chi connectivity index (χ0v) is 26.7. The lowest BCUT2D eigenvalue weighted by molar-refractivity contribution is -0.127. The molecule has 5 rings (SSSR count). The average molecular weight is 612 g/mol. The van der Waals surface area contributed by atoms with Crippen LogP contribution < -0.4 is 29.1 Å². The maximum atomic E-state index is 14.1. The molecule has 8 nitrogen and oxygen atoms in total. The van der Waals surface area contributed by atoms with Crippen LogP contribution in [0.4, 0.5) is 0 Å². The van der Waals surface area contributed by atoms with E-state index in [2.05, 4.69) is 12.1 Å². The van der Waals surface area contributed by atoms with Gasteiger partial charge in [-0.25, -0.2) is 4.99 Å². The highest BCUT2D eigenvalue weighted by Gasteiger charge is 2.35. The summed E-state index contributed by atoms with van der Waals surface area (Å²) in [5.74, 6) is 1.62. The number of carbonyl (C=O) groups is 1. The predicted molar refractivity (Wildman–Crippen MR) is 173 cm³/mol. The maximum absolute atomic E-state index is 14.1. The number of carbonyl (C=O) groups excluding carboxylic acids is 1. The van der Waals surface area contributed by atoms with E-state index in [9.17, 15) is 9.59 Å². The van der Waals surface area contributed by atoms with E-state index in [0.29, 0.717) is 57.5 Å². The quantitative estimate of drug-likeness (QED) is 0.252. The number of aryl methyl sites for hydroxylation is 1. The van der Waals surface area contributed by atoms with E-state index in [1.165, 1.54) is 16.9 Å². The van der Waals surface area contributed by atoms with E-state index in [1.807, 2.05) is 88.4 Å². The lowest BCUT2D eigenvalue weighted by atomic mass is 9.94. The highest BCUT2D eigenvalue weighted by molar-refractivity contribution is 7.07. The first-order chi connectivity index (χ1) is 21.3. The Morgan fingerprint density at radius 1 is 0.955 bits per heavy atom. The largest absolute Gasteiger partial charge is 0.496 e. The van der Waals surface area contributed by atoms with E-state index >= 15 is 0 Å². The van der Waals surface area contributed by atoms with Crippen molar-refractivity contribution >= 4 is 23.3 Å². The maximum Gasteiger partial charge on any atom is 0.271 e. The summed E-state index contributed by atoms with van der Waals surface area (Å²) in [6.07, 6.45) is 1.82. The molecule has 0 N–H and O–H groups in total. The van der Waals surface area contributed by atoms with Gasteiger partial charge in [0.2, 0.25) is 0 Å². The number of amides is 1. The predicted octanol–water partition coefficient (Wildman–Crippen LogP) is 5.01. The molecule has 1 atom stereocenters. The number of hydrogen-bond acceptors (Lipinski definition) is 7. The number of ether oxygens (including phenoxy) is 3. The zero-order chi connectivity index (χ0) is 31.4. The van der Waals surface area contributed by atoms with Crippen LogP contribution in [-0.2, 0) is 11.4 Å². The summed E-state index contributed by atoms with van der Waals surface area (Å²) < 4.78 is 19.5. The van der Waals surface area contributed by atoms with Gasteiger partial charge in [0.05, 0.1) is 30.0 Å². The highest BCUT2D eigenvalue weighted by Crippen LogP contribution is 2.36. The van der Waals surface area contributed by atoms with Crippen molar-refractivity contribution in [2.45, 2.75) is 40.3 Å². The van der Waals surface area contributed by atoms with Gasteiger partial charge in [0, 0.05) is 18.7 Å². The number of rotatable bonds is 10. The Bertz CT molecular complexity index is 1880. The molecule has 2 heterocycles. The smallest absolute Gasteiger partial charge is 0.271 e. The standard InChI is InChI=1S/C35H37N3O5S/c1-7-37(8-2)34(40)31-23(4)36-35-38(32(31)26-11-9-10-12-27(26)41-5)33(39)30(44-35)20-25-17-18-28(29(19-25)42-6)43-21-24-15-13-22(3)14-16-24/h9-20,32H,7-8,21H2,1-6H3/b30-20+/t32-/m0/s1. The highest BCUT2D eigenvalue weighted by atomic mass is 32.1. The molecule has 0 unspecified atom stereocenters. The fraction of sp³-hybridized carbons (Fsp3) is 0.286. The van der Waals surface area contributed by atoms with Gasteiger partial charge in [-0.3, -0.25) is 14.2 Å². The summed E-state index contributed by atoms with van der Waals surface area (Å²) in [5, 5.41) is 0. The van der Waals surface area contributed by atoms with Crippen LogP contribution in [-0.4, -0.2) is 42.7 Å². The minimum absolute atomic E-state index is 0.146. The van der Waals surface area contributed by atoms with Crippen LogP contribution in [0, 0.1) is 6.92 Å². The van der Waals surface area contributed by atoms with Gasteiger partial charge >= 0.3 is 0 Å². The summed E-state index contributed by atoms with van der Waals surface area (Å²) in [6, 6.07) is 20.6. The van der Waals surface area contributed by atoms with Gasteiger partial charge in [-0.05, 0) is 63.1 Å². The first-order valence-corrected chi connectivity index (χ1v) is 15.4. The molecule has 0 fully saturated rings. The second-order valence-corrected chi connectivity index (χ2v) is 11.5. The minimum atomic E-state index is -0.690. The second kappa shape index (κ2) is 13.3. The minimum Gasteiger partial charge on any atom is -0.496 e. The molecule has 0 saturated heterocycles. The zero-order valence-electron chi connectivity index (χ0n) is 25.9. The van der Waals surface area contributed by atoms with Crippen molar-refractivity contribution < 1.29 is 19.0 Å². The number of nitrogens with zero attached hydrogens (tertiary/aromatic N) is 3. The van der Waals surface area contributed by atoms with Gasteiger partial charge in [0.1, 0.15) is 18.4 Å². The summed E-state index contributed by atoms with van der Waals surface area (Å²) in [6.45, 7) is 9.26. The van der Waals surface area contributed by atoms with E-state index in [1.54, 1.807) is 23.7 Å². The van der Waals surface area contributed by atoms with Crippen LogP contribution >= 0.6 is 11.3 Å². The molecule has 1 aromatic heterocycles. The first kappa shape index (κ1) is 30.8. The van der Waals surface area contributed by atoms with Gasteiger partial charge in [0.25, 0.3) is 11.5 Å². The van der Waals surface area contributed by atoms with E-state index in [-0.39, 0.29) is 11.5 Å². The van der Waals surface area contributed by atoms with Crippen molar-refractivity contribution in [2.75, 3.05) is 27.3 Å². The number of methoxy groups -OCH3 is 2. The van der Waals surface area contributed by atoms with E-state index in [0.717, 1.165) is 16.7 Å². The van der Waals surface area contributed by atoms with Gasteiger partial charge in [-0.15, -0.1) is 0 Å². The lowest BCUT2D eigenvalue weighted by Crippen LogP contribution is -2.43.